The summed E-state index contributed by atoms with van der Waals surface area (Å²) in [6.07, 6.45) is 2.41. The number of hydrogen-bond donors (Lipinski definition) is 2. The maximum absolute atomic E-state index is 11.8. The second-order valence-electron chi connectivity index (χ2n) is 4.42. The molecule has 0 radical (unpaired) electrons. The fraction of sp³-hybridized carbons (Fsp3) is 0.429. The molecule has 0 aliphatic carbocycles. The van der Waals surface area contributed by atoms with Crippen molar-refractivity contribution in [3.8, 4) is 0 Å². The van der Waals surface area contributed by atoms with Crippen molar-refractivity contribution in [2.24, 2.45) is 0 Å². The van der Waals surface area contributed by atoms with Crippen LogP contribution in [0.2, 0.25) is 5.02 Å². The molecule has 0 heterocycles. The van der Waals surface area contributed by atoms with Crippen LogP contribution in [0, 0.1) is 6.92 Å². The van der Waals surface area contributed by atoms with E-state index in [1.165, 1.54) is 0 Å². The Balaban J connectivity index is 2.27. The van der Waals surface area contributed by atoms with E-state index in [9.17, 15) is 9.59 Å². The van der Waals surface area contributed by atoms with E-state index in [0.29, 0.717) is 23.6 Å². The summed E-state index contributed by atoms with van der Waals surface area (Å²) in [6, 6.07) is 5.15. The van der Waals surface area contributed by atoms with Crippen LogP contribution in [0.25, 0.3) is 0 Å². The van der Waals surface area contributed by atoms with Gasteiger partial charge in [-0.25, -0.2) is 0 Å². The Morgan fingerprint density at radius 1 is 1.26 bits per heavy atom. The van der Waals surface area contributed by atoms with Crippen molar-refractivity contribution in [3.05, 3.63) is 34.3 Å². The van der Waals surface area contributed by atoms with Crippen molar-refractivity contribution >= 4 is 23.5 Å². The molecule has 19 heavy (non-hydrogen) atoms. The van der Waals surface area contributed by atoms with Crippen LogP contribution in [-0.4, -0.2) is 23.5 Å². The minimum absolute atomic E-state index is 0.127. The molecule has 4 nitrogen and oxygen atoms in total. The van der Waals surface area contributed by atoms with E-state index in [1.807, 2.05) is 6.92 Å². The summed E-state index contributed by atoms with van der Waals surface area (Å²) in [7, 11) is 0. The number of aliphatic carboxylic acids is 1. The van der Waals surface area contributed by atoms with E-state index in [1.54, 1.807) is 18.2 Å². The average molecular weight is 284 g/mol. The predicted molar refractivity (Wildman–Crippen MR) is 74.6 cm³/mol. The maximum atomic E-state index is 11.8. The van der Waals surface area contributed by atoms with Crippen molar-refractivity contribution in [1.29, 1.82) is 0 Å². The van der Waals surface area contributed by atoms with Crippen LogP contribution >= 0.6 is 11.6 Å². The first-order valence-corrected chi connectivity index (χ1v) is 6.64. The normalized spacial score (nSPS) is 10.2. The van der Waals surface area contributed by atoms with Gasteiger partial charge < -0.3 is 10.4 Å². The third-order valence-electron chi connectivity index (χ3n) is 2.77. The molecule has 0 bridgehead atoms. The van der Waals surface area contributed by atoms with Crippen LogP contribution in [0.4, 0.5) is 0 Å². The summed E-state index contributed by atoms with van der Waals surface area (Å²) in [5, 5.41) is 11.9. The molecule has 1 rings (SSSR count). The van der Waals surface area contributed by atoms with E-state index in [2.05, 4.69) is 5.32 Å². The lowest BCUT2D eigenvalue weighted by atomic mass is 10.1. The zero-order valence-electron chi connectivity index (χ0n) is 10.9. The molecule has 0 fully saturated rings. The summed E-state index contributed by atoms with van der Waals surface area (Å²) in [6.45, 7) is 2.41. The monoisotopic (exact) mass is 283 g/mol. The van der Waals surface area contributed by atoms with Crippen molar-refractivity contribution in [1.82, 2.24) is 5.32 Å². The number of carbonyl (C=O) groups is 2. The van der Waals surface area contributed by atoms with Crippen molar-refractivity contribution < 1.29 is 14.7 Å². The van der Waals surface area contributed by atoms with E-state index in [4.69, 9.17) is 16.7 Å². The number of halogens is 1. The Hall–Kier alpha value is -1.55. The molecule has 0 atom stereocenters. The highest BCUT2D eigenvalue weighted by molar-refractivity contribution is 6.31. The fourth-order valence-corrected chi connectivity index (χ4v) is 1.79. The van der Waals surface area contributed by atoms with Crippen LogP contribution in [0.5, 0.6) is 0 Å². The average Bonchev–Trinajstić information content (AvgIpc) is 2.36. The van der Waals surface area contributed by atoms with Gasteiger partial charge in [-0.3, -0.25) is 9.59 Å². The van der Waals surface area contributed by atoms with Gasteiger partial charge in [-0.05, 0) is 43.5 Å². The number of amides is 1. The smallest absolute Gasteiger partial charge is 0.303 e. The second kappa shape index (κ2) is 7.79. The molecule has 0 spiro atoms. The van der Waals surface area contributed by atoms with Gasteiger partial charge in [-0.15, -0.1) is 0 Å². The van der Waals surface area contributed by atoms with Gasteiger partial charge in [0.25, 0.3) is 5.91 Å². The highest BCUT2D eigenvalue weighted by atomic mass is 35.5. The van der Waals surface area contributed by atoms with E-state index in [-0.39, 0.29) is 12.3 Å². The molecule has 0 aromatic heterocycles. The van der Waals surface area contributed by atoms with Crippen LogP contribution in [0.3, 0.4) is 0 Å². The summed E-state index contributed by atoms with van der Waals surface area (Å²) in [5.41, 5.74) is 1.46. The Kier molecular flexibility index (Phi) is 6.36. The summed E-state index contributed by atoms with van der Waals surface area (Å²) >= 11 is 5.89. The number of unbranched alkanes of at least 4 members (excludes halogenated alkanes) is 2. The third-order valence-corrected chi connectivity index (χ3v) is 3.20. The summed E-state index contributed by atoms with van der Waals surface area (Å²) < 4.78 is 0. The minimum Gasteiger partial charge on any atom is -0.481 e. The molecular weight excluding hydrogens is 266 g/mol. The topological polar surface area (TPSA) is 66.4 Å². The molecule has 0 aliphatic heterocycles. The second-order valence-corrected chi connectivity index (χ2v) is 4.83. The maximum Gasteiger partial charge on any atom is 0.303 e. The quantitative estimate of drug-likeness (QED) is 0.756. The molecule has 0 saturated heterocycles. The summed E-state index contributed by atoms with van der Waals surface area (Å²) in [5.74, 6) is -0.904. The Morgan fingerprint density at radius 3 is 2.63 bits per heavy atom. The highest BCUT2D eigenvalue weighted by Crippen LogP contribution is 2.16. The number of carbonyl (C=O) groups excluding carboxylic acids is 1. The van der Waals surface area contributed by atoms with E-state index >= 15 is 0 Å². The third kappa shape index (κ3) is 5.75. The van der Waals surface area contributed by atoms with E-state index < -0.39 is 5.97 Å². The van der Waals surface area contributed by atoms with Gasteiger partial charge >= 0.3 is 5.97 Å². The minimum atomic E-state index is -0.777. The van der Waals surface area contributed by atoms with Crippen LogP contribution < -0.4 is 5.32 Å². The van der Waals surface area contributed by atoms with Gasteiger partial charge in [0.1, 0.15) is 0 Å². The Labute approximate surface area is 117 Å². The van der Waals surface area contributed by atoms with Gasteiger partial charge in [0, 0.05) is 23.6 Å². The molecule has 0 saturated carbocycles. The lowest BCUT2D eigenvalue weighted by Crippen LogP contribution is -2.24. The molecule has 2 N–H and O–H groups in total. The molecule has 1 amide bonds. The number of carboxylic acids is 1. The number of benzene rings is 1. The number of hydrogen-bond acceptors (Lipinski definition) is 2. The SMILES string of the molecule is Cc1cc(C(=O)NCCCCCC(=O)O)ccc1Cl. The first-order chi connectivity index (χ1) is 9.00. The lowest BCUT2D eigenvalue weighted by Gasteiger charge is -2.06. The van der Waals surface area contributed by atoms with Crippen LogP contribution in [-0.2, 0) is 4.79 Å². The number of nitrogens with one attached hydrogen (secondary N) is 1. The fourth-order valence-electron chi connectivity index (χ4n) is 1.67. The molecule has 5 heteroatoms. The van der Waals surface area contributed by atoms with Crippen molar-refractivity contribution in [2.45, 2.75) is 32.6 Å². The number of carboxylic acid groups (broad SMARTS) is 1. The van der Waals surface area contributed by atoms with Crippen molar-refractivity contribution in [3.63, 3.8) is 0 Å². The zero-order valence-corrected chi connectivity index (χ0v) is 11.7. The molecule has 1 aromatic carbocycles. The highest BCUT2D eigenvalue weighted by Gasteiger charge is 2.06. The van der Waals surface area contributed by atoms with Crippen molar-refractivity contribution in [2.75, 3.05) is 6.54 Å². The van der Waals surface area contributed by atoms with Gasteiger partial charge in [0.05, 0.1) is 0 Å². The number of aryl methyl sites for hydroxylation is 1. The summed E-state index contributed by atoms with van der Waals surface area (Å²) in [4.78, 5) is 22.1. The van der Waals surface area contributed by atoms with Gasteiger partial charge in [-0.2, -0.15) is 0 Å². The van der Waals surface area contributed by atoms with Gasteiger partial charge in [-0.1, -0.05) is 18.0 Å². The molecule has 0 aliphatic rings. The molecule has 1 aromatic rings. The van der Waals surface area contributed by atoms with Gasteiger partial charge in [0.2, 0.25) is 0 Å². The standard InChI is InChI=1S/C14H18ClNO3/c1-10-9-11(6-7-12(10)15)14(19)16-8-4-2-3-5-13(17)18/h6-7,9H,2-5,8H2,1H3,(H,16,19)(H,17,18). The largest absolute Gasteiger partial charge is 0.481 e. The zero-order chi connectivity index (χ0) is 14.3. The first kappa shape index (κ1) is 15.5. The molecule has 104 valence electrons. The van der Waals surface area contributed by atoms with Crippen LogP contribution in [0.15, 0.2) is 18.2 Å². The molecular formula is C14H18ClNO3. The lowest BCUT2D eigenvalue weighted by molar-refractivity contribution is -0.137. The van der Waals surface area contributed by atoms with E-state index in [0.717, 1.165) is 18.4 Å². The predicted octanol–water partition coefficient (Wildman–Crippen LogP) is 3.02. The Morgan fingerprint density at radius 2 is 2.00 bits per heavy atom. The van der Waals surface area contributed by atoms with Gasteiger partial charge in [0.15, 0.2) is 0 Å². The first-order valence-electron chi connectivity index (χ1n) is 6.27. The van der Waals surface area contributed by atoms with Crippen LogP contribution in [0.1, 0.15) is 41.6 Å². The number of rotatable bonds is 7. The molecule has 0 unspecified atom stereocenters. The Bertz CT molecular complexity index is 460.